The van der Waals surface area contributed by atoms with Crippen LogP contribution < -0.4 is 5.32 Å². The molecule has 3 nitrogen and oxygen atoms in total. The van der Waals surface area contributed by atoms with Crippen LogP contribution in [0.15, 0.2) is 42.5 Å². The fraction of sp³-hybridized carbons (Fsp3) is 0.318. The number of fused-ring (bicyclic) bond motifs is 1. The molecule has 1 aliphatic carbocycles. The molecule has 146 valence electrons. The Labute approximate surface area is 161 Å². The third-order valence-electron chi connectivity index (χ3n) is 5.63. The Balaban J connectivity index is 1.43. The van der Waals surface area contributed by atoms with E-state index in [2.05, 4.69) is 10.3 Å². The summed E-state index contributed by atoms with van der Waals surface area (Å²) in [5.41, 5.74) is 3.88. The van der Waals surface area contributed by atoms with Crippen LogP contribution in [0, 0.1) is 19.8 Å². The molecule has 1 saturated carbocycles. The molecule has 0 unspecified atom stereocenters. The first kappa shape index (κ1) is 18.6. The van der Waals surface area contributed by atoms with E-state index in [0.717, 1.165) is 28.2 Å². The van der Waals surface area contributed by atoms with E-state index in [9.17, 15) is 18.0 Å². The second-order valence-electron chi connectivity index (χ2n) is 7.51. The van der Waals surface area contributed by atoms with Gasteiger partial charge in [0.25, 0.3) is 0 Å². The van der Waals surface area contributed by atoms with Crippen LogP contribution in [0.5, 0.6) is 0 Å². The molecule has 3 aromatic rings. The fourth-order valence-corrected chi connectivity index (χ4v) is 3.85. The maximum atomic E-state index is 13.2. The SMILES string of the molecule is Cc1[nH]c2ccc(CNC(=O)[C@H]3C[C@@H]3c3ccccc3C(F)(F)F)cc2c1C. The van der Waals surface area contributed by atoms with E-state index < -0.39 is 17.7 Å². The van der Waals surface area contributed by atoms with E-state index in [1.165, 1.54) is 17.7 Å². The highest BCUT2D eigenvalue weighted by Crippen LogP contribution is 2.51. The van der Waals surface area contributed by atoms with Gasteiger partial charge in [0.05, 0.1) is 5.56 Å². The summed E-state index contributed by atoms with van der Waals surface area (Å²) in [6, 6.07) is 11.5. The second kappa shape index (κ2) is 6.69. The number of alkyl halides is 3. The Morgan fingerprint density at radius 1 is 1.18 bits per heavy atom. The lowest BCUT2D eigenvalue weighted by molar-refractivity contribution is -0.138. The summed E-state index contributed by atoms with van der Waals surface area (Å²) in [4.78, 5) is 15.8. The van der Waals surface area contributed by atoms with Crippen LogP contribution in [-0.2, 0) is 17.5 Å². The molecule has 1 fully saturated rings. The number of benzene rings is 2. The predicted molar refractivity (Wildman–Crippen MR) is 102 cm³/mol. The maximum Gasteiger partial charge on any atom is 0.416 e. The molecule has 1 aromatic heterocycles. The highest BCUT2D eigenvalue weighted by molar-refractivity contribution is 5.86. The summed E-state index contributed by atoms with van der Waals surface area (Å²) >= 11 is 0. The molecular formula is C22H21F3N2O. The van der Waals surface area contributed by atoms with Gasteiger partial charge in [-0.3, -0.25) is 4.79 Å². The zero-order chi connectivity index (χ0) is 20.1. The minimum absolute atomic E-state index is 0.191. The van der Waals surface area contributed by atoms with Gasteiger partial charge >= 0.3 is 6.18 Å². The van der Waals surface area contributed by atoms with Crippen molar-refractivity contribution in [1.29, 1.82) is 0 Å². The van der Waals surface area contributed by atoms with E-state index in [1.54, 1.807) is 6.07 Å². The molecule has 0 spiro atoms. The maximum absolute atomic E-state index is 13.2. The minimum atomic E-state index is -4.40. The van der Waals surface area contributed by atoms with E-state index in [4.69, 9.17) is 0 Å². The van der Waals surface area contributed by atoms with Crippen molar-refractivity contribution in [3.8, 4) is 0 Å². The summed E-state index contributed by atoms with van der Waals surface area (Å²) < 4.78 is 39.6. The number of hydrogen-bond donors (Lipinski definition) is 2. The summed E-state index contributed by atoms with van der Waals surface area (Å²) in [6.45, 7) is 4.43. The van der Waals surface area contributed by atoms with Crippen molar-refractivity contribution >= 4 is 16.8 Å². The average Bonchev–Trinajstić information content (AvgIpc) is 3.41. The Bertz CT molecular complexity index is 1050. The number of carbonyl (C=O) groups excluding carboxylic acids is 1. The van der Waals surface area contributed by atoms with Crippen LogP contribution in [0.3, 0.4) is 0 Å². The average molecular weight is 386 g/mol. The molecule has 6 heteroatoms. The number of aromatic nitrogens is 1. The summed E-state index contributed by atoms with van der Waals surface area (Å²) in [5, 5.41) is 4.00. The molecule has 28 heavy (non-hydrogen) atoms. The van der Waals surface area contributed by atoms with Gasteiger partial charge in [0.15, 0.2) is 0 Å². The quantitative estimate of drug-likeness (QED) is 0.634. The van der Waals surface area contributed by atoms with Gasteiger partial charge in [-0.2, -0.15) is 13.2 Å². The first-order chi connectivity index (χ1) is 13.3. The van der Waals surface area contributed by atoms with Gasteiger partial charge in [0.2, 0.25) is 5.91 Å². The van der Waals surface area contributed by atoms with Crippen LogP contribution >= 0.6 is 0 Å². The van der Waals surface area contributed by atoms with Crippen LogP contribution in [0.2, 0.25) is 0 Å². The number of aromatic amines is 1. The van der Waals surface area contributed by atoms with Gasteiger partial charge in [0, 0.05) is 29.1 Å². The van der Waals surface area contributed by atoms with Crippen LogP contribution in [0.4, 0.5) is 13.2 Å². The molecule has 4 rings (SSSR count). The number of H-pyrrole nitrogens is 1. The van der Waals surface area contributed by atoms with Gasteiger partial charge in [0.1, 0.15) is 0 Å². The van der Waals surface area contributed by atoms with Gasteiger partial charge < -0.3 is 10.3 Å². The standard InChI is InChI=1S/C22H21F3N2O/c1-12-13(2)27-20-8-7-14(9-16(12)20)11-26-21(28)18-10-17(18)15-5-3-4-6-19(15)22(23,24)25/h3-9,17-18,27H,10-11H2,1-2H3,(H,26,28)/t17-,18+/m1/s1. The minimum Gasteiger partial charge on any atom is -0.358 e. The summed E-state index contributed by atoms with van der Waals surface area (Å²) in [5.74, 6) is -0.956. The highest BCUT2D eigenvalue weighted by Gasteiger charge is 2.47. The van der Waals surface area contributed by atoms with Crippen molar-refractivity contribution in [2.45, 2.75) is 38.9 Å². The third kappa shape index (κ3) is 3.39. The third-order valence-corrected chi connectivity index (χ3v) is 5.63. The Morgan fingerprint density at radius 2 is 1.93 bits per heavy atom. The number of aryl methyl sites for hydroxylation is 2. The molecule has 2 N–H and O–H groups in total. The monoisotopic (exact) mass is 386 g/mol. The van der Waals surface area contributed by atoms with Crippen LogP contribution in [-0.4, -0.2) is 10.9 Å². The Morgan fingerprint density at radius 3 is 2.68 bits per heavy atom. The topological polar surface area (TPSA) is 44.9 Å². The van der Waals surface area contributed by atoms with Gasteiger partial charge in [-0.05, 0) is 61.1 Å². The summed E-state index contributed by atoms with van der Waals surface area (Å²) in [6.07, 6.45) is -3.95. The van der Waals surface area contributed by atoms with E-state index >= 15 is 0 Å². The highest BCUT2D eigenvalue weighted by atomic mass is 19.4. The van der Waals surface area contributed by atoms with Crippen molar-refractivity contribution < 1.29 is 18.0 Å². The molecular weight excluding hydrogens is 365 g/mol. The second-order valence-corrected chi connectivity index (χ2v) is 7.51. The Kier molecular flexibility index (Phi) is 4.44. The predicted octanol–water partition coefficient (Wildman–Crippen LogP) is 5.22. The number of nitrogens with one attached hydrogen (secondary N) is 2. The van der Waals surface area contributed by atoms with Gasteiger partial charge in [-0.1, -0.05) is 24.3 Å². The number of hydrogen-bond acceptors (Lipinski definition) is 1. The van der Waals surface area contributed by atoms with Gasteiger partial charge in [-0.25, -0.2) is 0 Å². The molecule has 0 saturated heterocycles. The zero-order valence-electron chi connectivity index (χ0n) is 15.7. The number of amides is 1. The molecule has 0 bridgehead atoms. The van der Waals surface area contributed by atoms with E-state index in [-0.39, 0.29) is 17.4 Å². The molecule has 1 amide bonds. The van der Waals surface area contributed by atoms with Crippen molar-refractivity contribution in [3.05, 3.63) is 70.4 Å². The lowest BCUT2D eigenvalue weighted by Gasteiger charge is -2.12. The van der Waals surface area contributed by atoms with Gasteiger partial charge in [-0.15, -0.1) is 0 Å². The number of rotatable bonds is 4. The normalized spacial score (nSPS) is 19.0. The largest absolute Gasteiger partial charge is 0.416 e. The van der Waals surface area contributed by atoms with Crippen molar-refractivity contribution in [1.82, 2.24) is 10.3 Å². The first-order valence-corrected chi connectivity index (χ1v) is 9.27. The van der Waals surface area contributed by atoms with E-state index in [0.29, 0.717) is 13.0 Å². The molecule has 1 heterocycles. The smallest absolute Gasteiger partial charge is 0.358 e. The van der Waals surface area contributed by atoms with Crippen LogP contribution in [0.25, 0.3) is 10.9 Å². The molecule has 0 radical (unpaired) electrons. The lowest BCUT2D eigenvalue weighted by atomic mass is 10.0. The van der Waals surface area contributed by atoms with Crippen molar-refractivity contribution in [2.24, 2.45) is 5.92 Å². The molecule has 2 atom stereocenters. The molecule has 2 aromatic carbocycles. The number of carbonyl (C=O) groups is 1. The molecule has 0 aliphatic heterocycles. The van der Waals surface area contributed by atoms with E-state index in [1.807, 2.05) is 32.0 Å². The van der Waals surface area contributed by atoms with Crippen molar-refractivity contribution in [3.63, 3.8) is 0 Å². The summed E-state index contributed by atoms with van der Waals surface area (Å²) in [7, 11) is 0. The lowest BCUT2D eigenvalue weighted by Crippen LogP contribution is -2.25. The van der Waals surface area contributed by atoms with Crippen molar-refractivity contribution in [2.75, 3.05) is 0 Å². The number of halogens is 3. The Hall–Kier alpha value is -2.76. The molecule has 1 aliphatic rings. The zero-order valence-corrected chi connectivity index (χ0v) is 15.7. The fourth-order valence-electron chi connectivity index (χ4n) is 3.85. The first-order valence-electron chi connectivity index (χ1n) is 9.27. The van der Waals surface area contributed by atoms with Crippen LogP contribution in [0.1, 0.15) is 40.3 Å².